The lowest BCUT2D eigenvalue weighted by Crippen LogP contribution is -2.46. The van der Waals surface area contributed by atoms with E-state index in [2.05, 4.69) is 27.9 Å². The minimum absolute atomic E-state index is 0.314. The van der Waals surface area contributed by atoms with Crippen molar-refractivity contribution in [3.8, 4) is 0 Å². The van der Waals surface area contributed by atoms with Crippen LogP contribution in [0, 0.1) is 5.92 Å². The molecule has 0 saturated carbocycles. The van der Waals surface area contributed by atoms with Gasteiger partial charge in [-0.2, -0.15) is 0 Å². The summed E-state index contributed by atoms with van der Waals surface area (Å²) < 4.78 is 0. The molecule has 2 atom stereocenters. The standard InChI is InChI=1S/C14H18N4/c1-10-8-18(7-6-12(10)15)14-11-4-2-3-5-13(11)16-9-17-14/h2-5,9-10,12H,6-8,15H2,1H3. The van der Waals surface area contributed by atoms with Crippen molar-refractivity contribution >= 4 is 16.7 Å². The second kappa shape index (κ2) is 4.53. The zero-order chi connectivity index (χ0) is 12.5. The number of anilines is 1. The van der Waals surface area contributed by atoms with Crippen LogP contribution in [0.25, 0.3) is 10.9 Å². The van der Waals surface area contributed by atoms with Gasteiger partial charge in [-0.3, -0.25) is 0 Å². The summed E-state index contributed by atoms with van der Waals surface area (Å²) in [5, 5.41) is 1.13. The van der Waals surface area contributed by atoms with E-state index in [0.717, 1.165) is 36.2 Å². The maximum absolute atomic E-state index is 6.07. The van der Waals surface area contributed by atoms with E-state index < -0.39 is 0 Å². The Kier molecular flexibility index (Phi) is 2.88. The Bertz CT molecular complexity index is 549. The van der Waals surface area contributed by atoms with Crippen molar-refractivity contribution in [2.45, 2.75) is 19.4 Å². The van der Waals surface area contributed by atoms with E-state index in [9.17, 15) is 0 Å². The summed E-state index contributed by atoms with van der Waals surface area (Å²) >= 11 is 0. The first-order valence-electron chi connectivity index (χ1n) is 6.46. The van der Waals surface area contributed by atoms with Crippen molar-refractivity contribution in [3.63, 3.8) is 0 Å². The third-order valence-electron chi connectivity index (χ3n) is 3.79. The number of nitrogens with zero attached hydrogens (tertiary/aromatic N) is 3. The van der Waals surface area contributed by atoms with Gasteiger partial charge in [0.05, 0.1) is 5.52 Å². The molecule has 1 aromatic carbocycles. The first kappa shape index (κ1) is 11.4. The monoisotopic (exact) mass is 242 g/mol. The molecule has 0 radical (unpaired) electrons. The molecule has 4 heteroatoms. The van der Waals surface area contributed by atoms with Gasteiger partial charge in [0, 0.05) is 24.5 Å². The van der Waals surface area contributed by atoms with Crippen molar-refractivity contribution in [3.05, 3.63) is 30.6 Å². The van der Waals surface area contributed by atoms with Crippen molar-refractivity contribution in [2.75, 3.05) is 18.0 Å². The molecule has 2 unspecified atom stereocenters. The normalized spacial score (nSPS) is 24.4. The van der Waals surface area contributed by atoms with E-state index in [1.165, 1.54) is 0 Å². The summed E-state index contributed by atoms with van der Waals surface area (Å²) in [5.41, 5.74) is 7.08. The number of benzene rings is 1. The average Bonchev–Trinajstić information content (AvgIpc) is 2.41. The fourth-order valence-corrected chi connectivity index (χ4v) is 2.60. The Balaban J connectivity index is 1.99. The predicted octanol–water partition coefficient (Wildman–Crippen LogP) is 1.80. The van der Waals surface area contributed by atoms with E-state index in [4.69, 9.17) is 5.73 Å². The van der Waals surface area contributed by atoms with Crippen LogP contribution in [0.2, 0.25) is 0 Å². The summed E-state index contributed by atoms with van der Waals surface area (Å²) in [6, 6.07) is 8.47. The van der Waals surface area contributed by atoms with Crippen LogP contribution in [0.1, 0.15) is 13.3 Å². The van der Waals surface area contributed by atoms with Gasteiger partial charge in [0.25, 0.3) is 0 Å². The van der Waals surface area contributed by atoms with Crippen LogP contribution < -0.4 is 10.6 Å². The fourth-order valence-electron chi connectivity index (χ4n) is 2.60. The van der Waals surface area contributed by atoms with Crippen molar-refractivity contribution in [1.82, 2.24) is 9.97 Å². The molecule has 0 bridgehead atoms. The van der Waals surface area contributed by atoms with Gasteiger partial charge in [-0.1, -0.05) is 19.1 Å². The van der Waals surface area contributed by atoms with Crippen LogP contribution in [-0.2, 0) is 0 Å². The van der Waals surface area contributed by atoms with Crippen LogP contribution in [0.15, 0.2) is 30.6 Å². The van der Waals surface area contributed by atoms with E-state index in [1.54, 1.807) is 6.33 Å². The number of aromatic nitrogens is 2. The molecule has 18 heavy (non-hydrogen) atoms. The summed E-state index contributed by atoms with van der Waals surface area (Å²) in [4.78, 5) is 11.1. The van der Waals surface area contributed by atoms with Gasteiger partial charge in [-0.05, 0) is 24.5 Å². The SMILES string of the molecule is CC1CN(c2ncnc3ccccc23)CCC1N. The number of hydrogen-bond acceptors (Lipinski definition) is 4. The van der Waals surface area contributed by atoms with Crippen LogP contribution in [0.4, 0.5) is 5.82 Å². The number of hydrogen-bond donors (Lipinski definition) is 1. The van der Waals surface area contributed by atoms with E-state index >= 15 is 0 Å². The van der Waals surface area contributed by atoms with Crippen molar-refractivity contribution in [1.29, 1.82) is 0 Å². The Morgan fingerprint density at radius 3 is 2.94 bits per heavy atom. The minimum Gasteiger partial charge on any atom is -0.356 e. The van der Waals surface area contributed by atoms with Crippen LogP contribution >= 0.6 is 0 Å². The molecular weight excluding hydrogens is 224 g/mol. The van der Waals surface area contributed by atoms with Crippen LogP contribution in [0.3, 0.4) is 0 Å². The number of nitrogens with two attached hydrogens (primary N) is 1. The first-order chi connectivity index (χ1) is 8.75. The Morgan fingerprint density at radius 2 is 2.11 bits per heavy atom. The van der Waals surface area contributed by atoms with Gasteiger partial charge in [-0.15, -0.1) is 0 Å². The Labute approximate surface area is 107 Å². The third-order valence-corrected chi connectivity index (χ3v) is 3.79. The Morgan fingerprint density at radius 1 is 1.28 bits per heavy atom. The zero-order valence-corrected chi connectivity index (χ0v) is 10.6. The van der Waals surface area contributed by atoms with Gasteiger partial charge in [0.2, 0.25) is 0 Å². The smallest absolute Gasteiger partial charge is 0.139 e. The third kappa shape index (κ3) is 1.93. The quantitative estimate of drug-likeness (QED) is 0.828. The lowest BCUT2D eigenvalue weighted by atomic mass is 9.94. The molecule has 1 saturated heterocycles. The average molecular weight is 242 g/mol. The van der Waals surface area contributed by atoms with Crippen molar-refractivity contribution in [2.24, 2.45) is 11.7 Å². The number of fused-ring (bicyclic) bond motifs is 1. The molecular formula is C14H18N4. The number of para-hydroxylation sites is 1. The highest BCUT2D eigenvalue weighted by atomic mass is 15.2. The number of piperidine rings is 1. The van der Waals surface area contributed by atoms with Gasteiger partial charge in [0.1, 0.15) is 12.1 Å². The summed E-state index contributed by atoms with van der Waals surface area (Å²) in [6.45, 7) is 4.16. The summed E-state index contributed by atoms with van der Waals surface area (Å²) in [5.74, 6) is 1.55. The molecule has 1 aliphatic rings. The van der Waals surface area contributed by atoms with Crippen molar-refractivity contribution < 1.29 is 0 Å². The molecule has 1 aliphatic heterocycles. The molecule has 2 aromatic rings. The number of rotatable bonds is 1. The maximum atomic E-state index is 6.07. The molecule has 2 heterocycles. The topological polar surface area (TPSA) is 55.0 Å². The lowest BCUT2D eigenvalue weighted by molar-refractivity contribution is 0.382. The lowest BCUT2D eigenvalue weighted by Gasteiger charge is -2.36. The minimum atomic E-state index is 0.314. The van der Waals surface area contributed by atoms with Crippen LogP contribution in [0.5, 0.6) is 0 Å². The van der Waals surface area contributed by atoms with E-state index in [0.29, 0.717) is 12.0 Å². The molecule has 94 valence electrons. The molecule has 1 fully saturated rings. The zero-order valence-electron chi connectivity index (χ0n) is 10.6. The van der Waals surface area contributed by atoms with E-state index in [-0.39, 0.29) is 0 Å². The first-order valence-corrected chi connectivity index (χ1v) is 6.46. The fraction of sp³-hybridized carbons (Fsp3) is 0.429. The molecule has 0 spiro atoms. The summed E-state index contributed by atoms with van der Waals surface area (Å²) in [6.07, 6.45) is 2.68. The molecule has 0 amide bonds. The van der Waals surface area contributed by atoms with Gasteiger partial charge in [-0.25, -0.2) is 9.97 Å². The molecule has 4 nitrogen and oxygen atoms in total. The van der Waals surface area contributed by atoms with E-state index in [1.807, 2.05) is 18.2 Å². The predicted molar refractivity (Wildman–Crippen MR) is 73.5 cm³/mol. The Hall–Kier alpha value is -1.68. The molecule has 0 aliphatic carbocycles. The second-order valence-corrected chi connectivity index (χ2v) is 5.09. The second-order valence-electron chi connectivity index (χ2n) is 5.09. The molecule has 2 N–H and O–H groups in total. The highest BCUT2D eigenvalue weighted by Gasteiger charge is 2.24. The van der Waals surface area contributed by atoms with Gasteiger partial charge >= 0.3 is 0 Å². The molecule has 3 rings (SSSR count). The van der Waals surface area contributed by atoms with Crippen LogP contribution in [-0.4, -0.2) is 29.1 Å². The largest absolute Gasteiger partial charge is 0.356 e. The highest BCUT2D eigenvalue weighted by Crippen LogP contribution is 2.26. The summed E-state index contributed by atoms with van der Waals surface area (Å²) in [7, 11) is 0. The molecule has 1 aromatic heterocycles. The highest BCUT2D eigenvalue weighted by molar-refractivity contribution is 5.89. The van der Waals surface area contributed by atoms with Gasteiger partial charge in [0.15, 0.2) is 0 Å². The van der Waals surface area contributed by atoms with Gasteiger partial charge < -0.3 is 10.6 Å². The maximum Gasteiger partial charge on any atom is 0.139 e.